The Hall–Kier alpha value is -4.22. The lowest BCUT2D eigenvalue weighted by Gasteiger charge is -2.14. The van der Waals surface area contributed by atoms with Crippen molar-refractivity contribution in [3.05, 3.63) is 118 Å². The average molecular weight is 512 g/mol. The molecule has 0 aliphatic carbocycles. The summed E-state index contributed by atoms with van der Waals surface area (Å²) in [4.78, 5) is 13.4. The second kappa shape index (κ2) is 10.4. The largest absolute Gasteiger partial charge is 0.493 e. The van der Waals surface area contributed by atoms with E-state index in [0.29, 0.717) is 34.3 Å². The number of benzene rings is 4. The van der Waals surface area contributed by atoms with Gasteiger partial charge in [-0.3, -0.25) is 4.79 Å². The third kappa shape index (κ3) is 4.78. The number of rotatable bonds is 7. The minimum atomic E-state index is -0.131. The summed E-state index contributed by atoms with van der Waals surface area (Å²) in [5, 5.41) is 3.72. The number of hydrogen-bond acceptors (Lipinski definition) is 4. The quantitative estimate of drug-likeness (QED) is 0.275. The van der Waals surface area contributed by atoms with Crippen molar-refractivity contribution in [2.24, 2.45) is 0 Å². The Labute approximate surface area is 221 Å². The number of fused-ring (bicyclic) bond motifs is 1. The van der Waals surface area contributed by atoms with Gasteiger partial charge in [-0.05, 0) is 59.0 Å². The van der Waals surface area contributed by atoms with Gasteiger partial charge >= 0.3 is 0 Å². The monoisotopic (exact) mass is 511 g/mol. The summed E-state index contributed by atoms with van der Waals surface area (Å²) in [5.74, 6) is 1.63. The summed E-state index contributed by atoms with van der Waals surface area (Å²) in [6.45, 7) is 0. The molecule has 0 fully saturated rings. The van der Waals surface area contributed by atoms with Crippen molar-refractivity contribution >= 4 is 34.3 Å². The number of carbonyl (C=O) groups excluding carboxylic acids is 1. The van der Waals surface area contributed by atoms with Gasteiger partial charge in [-0.2, -0.15) is 0 Å². The molecule has 37 heavy (non-hydrogen) atoms. The highest BCUT2D eigenvalue weighted by atomic mass is 35.5. The SMILES string of the molecule is COc1cc(Cc2ccc3c(c2)NC(=O)/C3=C(/c2ccccc2)c2ccc(Cl)cc2)cc(OC)c1OC. The maximum Gasteiger partial charge on any atom is 0.257 e. The maximum atomic E-state index is 13.4. The Morgan fingerprint density at radius 3 is 2.03 bits per heavy atom. The van der Waals surface area contributed by atoms with E-state index in [1.54, 1.807) is 21.3 Å². The number of hydrogen-bond donors (Lipinski definition) is 1. The van der Waals surface area contributed by atoms with E-state index in [2.05, 4.69) is 5.32 Å². The molecule has 4 aromatic rings. The molecular weight excluding hydrogens is 486 g/mol. The number of nitrogens with one attached hydrogen (secondary N) is 1. The van der Waals surface area contributed by atoms with E-state index in [1.165, 1.54) is 0 Å². The Morgan fingerprint density at radius 1 is 0.757 bits per heavy atom. The number of ether oxygens (including phenoxy) is 3. The third-order valence-electron chi connectivity index (χ3n) is 6.41. The fourth-order valence-electron chi connectivity index (χ4n) is 4.73. The summed E-state index contributed by atoms with van der Waals surface area (Å²) < 4.78 is 16.4. The smallest absolute Gasteiger partial charge is 0.257 e. The summed E-state index contributed by atoms with van der Waals surface area (Å²) >= 11 is 6.15. The van der Waals surface area contributed by atoms with Gasteiger partial charge < -0.3 is 19.5 Å². The zero-order valence-corrected chi connectivity index (χ0v) is 21.6. The van der Waals surface area contributed by atoms with Crippen LogP contribution in [0.4, 0.5) is 5.69 Å². The molecule has 1 heterocycles. The van der Waals surface area contributed by atoms with Gasteiger partial charge in [0.1, 0.15) is 0 Å². The molecule has 0 radical (unpaired) electrons. The van der Waals surface area contributed by atoms with Crippen molar-refractivity contribution in [2.75, 3.05) is 26.6 Å². The van der Waals surface area contributed by atoms with Gasteiger partial charge in [0.05, 0.1) is 26.9 Å². The van der Waals surface area contributed by atoms with Gasteiger partial charge in [-0.25, -0.2) is 0 Å². The van der Waals surface area contributed by atoms with Gasteiger partial charge in [0.15, 0.2) is 11.5 Å². The van der Waals surface area contributed by atoms with Crippen molar-refractivity contribution in [3.63, 3.8) is 0 Å². The second-order valence-electron chi connectivity index (χ2n) is 8.67. The molecule has 0 saturated carbocycles. The molecule has 1 amide bonds. The maximum absolute atomic E-state index is 13.4. The van der Waals surface area contributed by atoms with E-state index in [0.717, 1.165) is 39.1 Å². The first-order valence-corrected chi connectivity index (χ1v) is 12.2. The summed E-state index contributed by atoms with van der Waals surface area (Å²) in [6.07, 6.45) is 0.627. The predicted molar refractivity (Wildman–Crippen MR) is 148 cm³/mol. The first-order chi connectivity index (χ1) is 18.0. The molecule has 5 nitrogen and oxygen atoms in total. The Morgan fingerprint density at radius 2 is 1.41 bits per heavy atom. The zero-order chi connectivity index (χ0) is 25.9. The fourth-order valence-corrected chi connectivity index (χ4v) is 4.85. The minimum Gasteiger partial charge on any atom is -0.493 e. The highest BCUT2D eigenvalue weighted by Crippen LogP contribution is 2.42. The molecule has 1 N–H and O–H groups in total. The van der Waals surface area contributed by atoms with Gasteiger partial charge in [0.2, 0.25) is 5.75 Å². The van der Waals surface area contributed by atoms with Crippen molar-refractivity contribution in [1.29, 1.82) is 0 Å². The molecule has 1 aliphatic rings. The first kappa shape index (κ1) is 24.5. The fraction of sp³-hybridized carbons (Fsp3) is 0.129. The number of carbonyl (C=O) groups is 1. The number of anilines is 1. The van der Waals surface area contributed by atoms with Crippen LogP contribution in [0.1, 0.15) is 27.8 Å². The van der Waals surface area contributed by atoms with Gasteiger partial charge in [-0.15, -0.1) is 0 Å². The lowest BCUT2D eigenvalue weighted by atomic mass is 9.89. The highest BCUT2D eigenvalue weighted by molar-refractivity contribution is 6.38. The first-order valence-electron chi connectivity index (χ1n) is 11.8. The molecule has 1 aliphatic heterocycles. The molecule has 186 valence electrons. The topological polar surface area (TPSA) is 56.8 Å². The van der Waals surface area contributed by atoms with Gasteiger partial charge in [0, 0.05) is 21.8 Å². The van der Waals surface area contributed by atoms with Crippen molar-refractivity contribution < 1.29 is 19.0 Å². The minimum absolute atomic E-state index is 0.131. The molecule has 0 unspecified atom stereocenters. The van der Waals surface area contributed by atoms with Crippen molar-refractivity contribution in [1.82, 2.24) is 0 Å². The summed E-state index contributed by atoms with van der Waals surface area (Å²) in [6, 6.07) is 27.5. The summed E-state index contributed by atoms with van der Waals surface area (Å²) in [5.41, 5.74) is 7.09. The lowest BCUT2D eigenvalue weighted by molar-refractivity contribution is -0.110. The van der Waals surface area contributed by atoms with Crippen LogP contribution >= 0.6 is 11.6 Å². The standard InChI is InChI=1S/C31H26ClNO4/c1-35-26-17-20(18-27(36-2)30(26)37-3)15-19-9-14-24-25(16-19)33-31(34)29(24)28(21-7-5-4-6-8-21)22-10-12-23(32)13-11-22/h4-14,16-18H,15H2,1-3H3,(H,33,34)/b29-28-. The van der Waals surface area contributed by atoms with E-state index < -0.39 is 0 Å². The van der Waals surface area contributed by atoms with Crippen LogP contribution in [0, 0.1) is 0 Å². The molecule has 6 heteroatoms. The van der Waals surface area contributed by atoms with Crippen LogP contribution in [-0.4, -0.2) is 27.2 Å². The van der Waals surface area contributed by atoms with E-state index >= 15 is 0 Å². The average Bonchev–Trinajstić information content (AvgIpc) is 3.24. The van der Waals surface area contributed by atoms with Crippen molar-refractivity contribution in [3.8, 4) is 17.2 Å². The molecule has 0 spiro atoms. The Kier molecular flexibility index (Phi) is 6.89. The van der Waals surface area contributed by atoms with Crippen LogP contribution in [-0.2, 0) is 11.2 Å². The van der Waals surface area contributed by atoms with Crippen LogP contribution < -0.4 is 19.5 Å². The number of amides is 1. The highest BCUT2D eigenvalue weighted by Gasteiger charge is 2.29. The van der Waals surface area contributed by atoms with Crippen LogP contribution in [0.15, 0.2) is 84.9 Å². The van der Waals surface area contributed by atoms with Crippen LogP contribution in [0.2, 0.25) is 5.02 Å². The van der Waals surface area contributed by atoms with Gasteiger partial charge in [-0.1, -0.05) is 66.2 Å². The third-order valence-corrected chi connectivity index (χ3v) is 6.66. The zero-order valence-electron chi connectivity index (χ0n) is 20.8. The van der Waals surface area contributed by atoms with Crippen molar-refractivity contribution in [2.45, 2.75) is 6.42 Å². The van der Waals surface area contributed by atoms with E-state index in [1.807, 2.05) is 84.9 Å². The molecule has 0 atom stereocenters. The van der Waals surface area contributed by atoms with Crippen LogP contribution in [0.25, 0.3) is 11.1 Å². The van der Waals surface area contributed by atoms with E-state index in [-0.39, 0.29) is 5.91 Å². The molecule has 0 bridgehead atoms. The van der Waals surface area contributed by atoms with E-state index in [4.69, 9.17) is 25.8 Å². The Balaban J connectivity index is 1.58. The molecule has 4 aromatic carbocycles. The molecule has 0 saturated heterocycles. The summed E-state index contributed by atoms with van der Waals surface area (Å²) in [7, 11) is 4.79. The van der Waals surface area contributed by atoms with Crippen LogP contribution in [0.3, 0.4) is 0 Å². The second-order valence-corrected chi connectivity index (χ2v) is 9.10. The predicted octanol–water partition coefficient (Wildman–Crippen LogP) is 6.87. The Bertz CT molecular complexity index is 1470. The lowest BCUT2D eigenvalue weighted by Crippen LogP contribution is -2.06. The van der Waals surface area contributed by atoms with Crippen LogP contribution in [0.5, 0.6) is 17.2 Å². The van der Waals surface area contributed by atoms with Gasteiger partial charge in [0.25, 0.3) is 5.91 Å². The normalized spacial score (nSPS) is 13.6. The molecular formula is C31H26ClNO4. The van der Waals surface area contributed by atoms with E-state index in [9.17, 15) is 4.79 Å². The number of halogens is 1. The number of methoxy groups -OCH3 is 3. The molecule has 0 aromatic heterocycles. The molecule has 5 rings (SSSR count).